The van der Waals surface area contributed by atoms with Crippen LogP contribution in [0.3, 0.4) is 0 Å². The fraction of sp³-hybridized carbons (Fsp3) is 0.429. The Labute approximate surface area is 116 Å². The zero-order valence-electron chi connectivity index (χ0n) is 11.2. The number of nitrogens with two attached hydrogens (primary N) is 1. The average molecular weight is 282 g/mol. The molecule has 0 amide bonds. The van der Waals surface area contributed by atoms with Gasteiger partial charge < -0.3 is 4.42 Å². The summed E-state index contributed by atoms with van der Waals surface area (Å²) in [5.41, 5.74) is 3.03. The van der Waals surface area contributed by atoms with Crippen LogP contribution >= 0.6 is 11.8 Å². The summed E-state index contributed by atoms with van der Waals surface area (Å²) in [6.07, 6.45) is 0. The molecule has 2 aromatic rings. The molecule has 2 rings (SSSR count). The Hall–Kier alpha value is -1.04. The van der Waals surface area contributed by atoms with Crippen LogP contribution in [0, 0.1) is 11.7 Å². The number of nitrogens with one attached hydrogen (secondary N) is 1. The van der Waals surface area contributed by atoms with Crippen molar-refractivity contribution in [1.29, 1.82) is 0 Å². The Kier molecular flexibility index (Phi) is 4.85. The van der Waals surface area contributed by atoms with Crippen molar-refractivity contribution in [2.45, 2.75) is 19.9 Å². The predicted octanol–water partition coefficient (Wildman–Crippen LogP) is 3.47. The van der Waals surface area contributed by atoms with Crippen LogP contribution in [-0.2, 0) is 0 Å². The molecule has 1 heterocycles. The zero-order valence-corrected chi connectivity index (χ0v) is 12.0. The molecule has 0 aliphatic carbocycles. The third-order valence-electron chi connectivity index (χ3n) is 2.80. The van der Waals surface area contributed by atoms with Gasteiger partial charge in [0.05, 0.1) is 6.04 Å². The summed E-state index contributed by atoms with van der Waals surface area (Å²) in [7, 11) is 0. The van der Waals surface area contributed by atoms with E-state index >= 15 is 0 Å². The molecule has 0 saturated heterocycles. The number of thioether (sulfide) groups is 1. The second-order valence-electron chi connectivity index (χ2n) is 4.96. The quantitative estimate of drug-likeness (QED) is 0.629. The number of hydrogen-bond acceptors (Lipinski definition) is 4. The molecular formula is C14H19FN2OS. The van der Waals surface area contributed by atoms with Crippen molar-refractivity contribution >= 4 is 22.7 Å². The van der Waals surface area contributed by atoms with E-state index in [1.807, 2.05) is 12.1 Å². The molecule has 0 radical (unpaired) electrons. The van der Waals surface area contributed by atoms with E-state index in [4.69, 9.17) is 10.3 Å². The van der Waals surface area contributed by atoms with Crippen LogP contribution in [0.4, 0.5) is 4.39 Å². The Bertz CT molecular complexity index is 541. The monoisotopic (exact) mass is 282 g/mol. The van der Waals surface area contributed by atoms with Gasteiger partial charge in [0, 0.05) is 11.1 Å². The summed E-state index contributed by atoms with van der Waals surface area (Å²) in [4.78, 5) is 0. The van der Waals surface area contributed by atoms with Gasteiger partial charge in [-0.2, -0.15) is 11.8 Å². The molecule has 3 N–H and O–H groups in total. The maximum absolute atomic E-state index is 13.6. The summed E-state index contributed by atoms with van der Waals surface area (Å²) >= 11 is 1.81. The summed E-state index contributed by atoms with van der Waals surface area (Å²) in [6, 6.07) is 6.65. The third kappa shape index (κ3) is 3.49. The van der Waals surface area contributed by atoms with Crippen LogP contribution in [0.15, 0.2) is 28.7 Å². The third-order valence-corrected chi connectivity index (χ3v) is 4.27. The first-order valence-corrected chi connectivity index (χ1v) is 7.49. The molecule has 5 heteroatoms. The minimum Gasteiger partial charge on any atom is -0.456 e. The van der Waals surface area contributed by atoms with Gasteiger partial charge in [-0.15, -0.1) is 0 Å². The Morgan fingerprint density at radius 3 is 2.79 bits per heavy atom. The van der Waals surface area contributed by atoms with Crippen molar-refractivity contribution in [3.05, 3.63) is 35.8 Å². The van der Waals surface area contributed by atoms with Crippen LogP contribution in [-0.4, -0.2) is 11.5 Å². The lowest BCUT2D eigenvalue weighted by Gasteiger charge is -2.13. The van der Waals surface area contributed by atoms with Crippen molar-refractivity contribution in [2.75, 3.05) is 11.5 Å². The Morgan fingerprint density at radius 1 is 1.37 bits per heavy atom. The number of benzene rings is 1. The van der Waals surface area contributed by atoms with Crippen LogP contribution in [0.2, 0.25) is 0 Å². The SMILES string of the molecule is CC(C)CSCC(NN)c1cc2cccc(F)c2o1. The van der Waals surface area contributed by atoms with Crippen molar-refractivity contribution in [1.82, 2.24) is 5.43 Å². The number of halogens is 1. The average Bonchev–Trinajstić information content (AvgIpc) is 2.79. The number of hydrazine groups is 1. The lowest BCUT2D eigenvalue weighted by Crippen LogP contribution is -2.29. The number of fused-ring (bicyclic) bond motifs is 1. The molecule has 0 aliphatic heterocycles. The maximum atomic E-state index is 13.6. The highest BCUT2D eigenvalue weighted by atomic mass is 32.2. The van der Waals surface area contributed by atoms with Gasteiger partial charge in [-0.25, -0.2) is 9.82 Å². The first kappa shape index (κ1) is 14.4. The first-order valence-electron chi connectivity index (χ1n) is 6.33. The van der Waals surface area contributed by atoms with Gasteiger partial charge in [-0.05, 0) is 23.8 Å². The predicted molar refractivity (Wildman–Crippen MR) is 78.4 cm³/mol. The van der Waals surface area contributed by atoms with E-state index in [0.29, 0.717) is 17.3 Å². The number of hydrogen-bond donors (Lipinski definition) is 2. The minimum absolute atomic E-state index is 0.101. The number of furan rings is 1. The zero-order chi connectivity index (χ0) is 13.8. The van der Waals surface area contributed by atoms with Crippen molar-refractivity contribution < 1.29 is 8.81 Å². The maximum Gasteiger partial charge on any atom is 0.169 e. The second-order valence-corrected chi connectivity index (χ2v) is 6.03. The van der Waals surface area contributed by atoms with Crippen LogP contribution in [0.5, 0.6) is 0 Å². The molecule has 1 aromatic carbocycles. The van der Waals surface area contributed by atoms with Crippen molar-refractivity contribution in [3.63, 3.8) is 0 Å². The molecule has 3 nitrogen and oxygen atoms in total. The molecule has 1 unspecified atom stereocenters. The summed E-state index contributed by atoms with van der Waals surface area (Å²) in [6.45, 7) is 4.35. The molecule has 0 spiro atoms. The molecular weight excluding hydrogens is 263 g/mol. The Morgan fingerprint density at radius 2 is 2.16 bits per heavy atom. The standard InChI is InChI=1S/C14H19FN2OS/c1-9(2)7-19-8-12(17-16)13-6-10-4-3-5-11(15)14(10)18-13/h3-6,9,12,17H,7-8,16H2,1-2H3. The van der Waals surface area contributed by atoms with Gasteiger partial charge in [0.1, 0.15) is 5.76 Å². The van der Waals surface area contributed by atoms with Gasteiger partial charge in [0.2, 0.25) is 0 Å². The number of rotatable bonds is 6. The highest BCUT2D eigenvalue weighted by molar-refractivity contribution is 7.99. The lowest BCUT2D eigenvalue weighted by atomic mass is 10.2. The smallest absolute Gasteiger partial charge is 0.169 e. The van der Waals surface area contributed by atoms with Crippen molar-refractivity contribution in [2.24, 2.45) is 11.8 Å². The molecule has 104 valence electrons. The van der Waals surface area contributed by atoms with Crippen LogP contribution in [0.25, 0.3) is 11.0 Å². The van der Waals surface area contributed by atoms with E-state index in [1.54, 1.807) is 17.8 Å². The number of para-hydroxylation sites is 1. The summed E-state index contributed by atoms with van der Waals surface area (Å²) in [5.74, 6) is 8.41. The molecule has 0 bridgehead atoms. The minimum atomic E-state index is -0.339. The van der Waals surface area contributed by atoms with Gasteiger partial charge in [-0.3, -0.25) is 5.84 Å². The Balaban J connectivity index is 2.14. The molecule has 1 atom stereocenters. The molecule has 19 heavy (non-hydrogen) atoms. The summed E-state index contributed by atoms with van der Waals surface area (Å²) in [5, 5.41) is 0.768. The fourth-order valence-corrected chi connectivity index (χ4v) is 2.96. The van der Waals surface area contributed by atoms with Gasteiger partial charge in [0.15, 0.2) is 11.4 Å². The summed E-state index contributed by atoms with van der Waals surface area (Å²) < 4.78 is 19.2. The van der Waals surface area contributed by atoms with Crippen LogP contribution < -0.4 is 11.3 Å². The van der Waals surface area contributed by atoms with Gasteiger partial charge >= 0.3 is 0 Å². The van der Waals surface area contributed by atoms with E-state index in [1.165, 1.54) is 6.07 Å². The van der Waals surface area contributed by atoms with E-state index in [9.17, 15) is 4.39 Å². The fourth-order valence-electron chi connectivity index (χ4n) is 1.85. The first-order chi connectivity index (χ1) is 9.11. The van der Waals surface area contributed by atoms with Crippen molar-refractivity contribution in [3.8, 4) is 0 Å². The highest BCUT2D eigenvalue weighted by Gasteiger charge is 2.16. The lowest BCUT2D eigenvalue weighted by molar-refractivity contribution is 0.453. The highest BCUT2D eigenvalue weighted by Crippen LogP contribution is 2.27. The largest absolute Gasteiger partial charge is 0.456 e. The molecule has 1 aromatic heterocycles. The molecule has 0 saturated carbocycles. The van der Waals surface area contributed by atoms with Crippen LogP contribution in [0.1, 0.15) is 25.6 Å². The van der Waals surface area contributed by atoms with E-state index in [2.05, 4.69) is 19.3 Å². The second kappa shape index (κ2) is 6.41. The molecule has 0 aliphatic rings. The van der Waals surface area contributed by atoms with Gasteiger partial charge in [0.25, 0.3) is 0 Å². The van der Waals surface area contributed by atoms with E-state index in [-0.39, 0.29) is 11.9 Å². The van der Waals surface area contributed by atoms with Gasteiger partial charge in [-0.1, -0.05) is 26.0 Å². The molecule has 0 fully saturated rings. The topological polar surface area (TPSA) is 51.2 Å². The van der Waals surface area contributed by atoms with E-state index < -0.39 is 0 Å². The van der Waals surface area contributed by atoms with E-state index in [0.717, 1.165) is 16.9 Å². The normalized spacial score (nSPS) is 13.3.